The van der Waals surface area contributed by atoms with Crippen LogP contribution in [0.1, 0.15) is 46.4 Å². The summed E-state index contributed by atoms with van der Waals surface area (Å²) in [6, 6.07) is 3.50. The molecule has 0 fully saturated rings. The zero-order chi connectivity index (χ0) is 18.1. The number of hydrazine groups is 1. The highest BCUT2D eigenvalue weighted by molar-refractivity contribution is 9.10. The number of aromatic nitrogens is 4. The van der Waals surface area contributed by atoms with Crippen LogP contribution in [0.5, 0.6) is 0 Å². The van der Waals surface area contributed by atoms with E-state index in [1.54, 1.807) is 36.1 Å². The molecule has 3 rings (SSSR count). The number of H-pyrrole nitrogens is 1. The Bertz CT molecular complexity index is 959. The third-order valence-corrected chi connectivity index (χ3v) is 4.13. The third-order valence-electron chi connectivity index (χ3n) is 3.68. The van der Waals surface area contributed by atoms with Crippen molar-refractivity contribution in [3.05, 3.63) is 46.0 Å². The summed E-state index contributed by atoms with van der Waals surface area (Å²) in [5, 5.41) is 5.06. The first-order valence-corrected chi connectivity index (χ1v) is 8.45. The minimum absolute atomic E-state index is 0.170. The lowest BCUT2D eigenvalue weighted by Crippen LogP contribution is -2.42. The minimum Gasteiger partial charge on any atom is -0.356 e. The van der Waals surface area contributed by atoms with Crippen LogP contribution in [0.2, 0.25) is 0 Å². The van der Waals surface area contributed by atoms with Crippen LogP contribution < -0.4 is 10.9 Å². The van der Waals surface area contributed by atoms with Gasteiger partial charge in [0.25, 0.3) is 11.8 Å². The van der Waals surface area contributed by atoms with Gasteiger partial charge in [-0.1, -0.05) is 0 Å². The van der Waals surface area contributed by atoms with E-state index in [0.717, 1.165) is 15.5 Å². The number of amides is 2. The van der Waals surface area contributed by atoms with Gasteiger partial charge in [-0.3, -0.25) is 20.4 Å². The molecule has 0 bridgehead atoms. The molecule has 0 spiro atoms. The maximum atomic E-state index is 12.4. The van der Waals surface area contributed by atoms with Crippen molar-refractivity contribution in [1.82, 2.24) is 30.6 Å². The number of nitrogens with one attached hydrogen (secondary N) is 3. The predicted molar refractivity (Wildman–Crippen MR) is 96.1 cm³/mol. The monoisotopic (exact) mass is 404 g/mol. The second-order valence-electron chi connectivity index (χ2n) is 5.86. The molecule has 0 saturated heterocycles. The number of hydrogen-bond acceptors (Lipinski definition) is 4. The van der Waals surface area contributed by atoms with E-state index in [9.17, 15) is 9.59 Å². The number of carbonyl (C=O) groups is 2. The van der Waals surface area contributed by atoms with E-state index >= 15 is 0 Å². The number of aryl methyl sites for hydroxylation is 1. The Labute approximate surface area is 152 Å². The fourth-order valence-corrected chi connectivity index (χ4v) is 2.76. The minimum atomic E-state index is -0.446. The summed E-state index contributed by atoms with van der Waals surface area (Å²) in [7, 11) is 0. The summed E-state index contributed by atoms with van der Waals surface area (Å²) >= 11 is 3.25. The average Bonchev–Trinajstić information content (AvgIpc) is 3.17. The molecule has 0 aliphatic carbocycles. The molecular weight excluding hydrogens is 388 g/mol. The zero-order valence-corrected chi connectivity index (χ0v) is 15.5. The largest absolute Gasteiger partial charge is 0.356 e. The van der Waals surface area contributed by atoms with Crippen LogP contribution >= 0.6 is 15.9 Å². The van der Waals surface area contributed by atoms with Gasteiger partial charge in [-0.2, -0.15) is 5.10 Å². The molecule has 0 aliphatic rings. The highest BCUT2D eigenvalue weighted by Gasteiger charge is 2.16. The Morgan fingerprint density at radius 3 is 2.60 bits per heavy atom. The maximum absolute atomic E-state index is 12.4. The molecule has 3 aromatic heterocycles. The normalized spacial score (nSPS) is 11.1. The van der Waals surface area contributed by atoms with Crippen molar-refractivity contribution in [2.45, 2.75) is 26.8 Å². The fraction of sp³-hybridized carbons (Fsp3) is 0.250. The van der Waals surface area contributed by atoms with Crippen molar-refractivity contribution < 1.29 is 9.59 Å². The van der Waals surface area contributed by atoms with Crippen molar-refractivity contribution in [3.63, 3.8) is 0 Å². The van der Waals surface area contributed by atoms with Gasteiger partial charge in [0.05, 0.1) is 17.5 Å². The number of fused-ring (bicyclic) bond motifs is 1. The van der Waals surface area contributed by atoms with Crippen LogP contribution in [0.25, 0.3) is 11.0 Å². The van der Waals surface area contributed by atoms with E-state index in [-0.39, 0.29) is 6.04 Å². The Morgan fingerprint density at radius 1 is 1.24 bits per heavy atom. The van der Waals surface area contributed by atoms with Crippen molar-refractivity contribution in [3.8, 4) is 0 Å². The second kappa shape index (κ2) is 6.67. The molecule has 9 heteroatoms. The van der Waals surface area contributed by atoms with Crippen LogP contribution in [0.3, 0.4) is 0 Å². The second-order valence-corrected chi connectivity index (χ2v) is 6.77. The molecule has 3 heterocycles. The van der Waals surface area contributed by atoms with E-state index in [1.165, 1.54) is 0 Å². The number of rotatable bonds is 3. The van der Waals surface area contributed by atoms with Crippen LogP contribution in [0.15, 0.2) is 29.0 Å². The van der Waals surface area contributed by atoms with Crippen molar-refractivity contribution in [1.29, 1.82) is 0 Å². The zero-order valence-electron chi connectivity index (χ0n) is 13.9. The maximum Gasteiger partial charge on any atom is 0.286 e. The Morgan fingerprint density at radius 2 is 1.96 bits per heavy atom. The van der Waals surface area contributed by atoms with E-state index in [4.69, 9.17) is 0 Å². The average molecular weight is 405 g/mol. The number of aromatic amines is 1. The number of nitrogens with zero attached hydrogens (tertiary/aromatic N) is 3. The number of hydrogen-bond donors (Lipinski definition) is 3. The van der Waals surface area contributed by atoms with Crippen LogP contribution in [-0.4, -0.2) is 31.6 Å². The van der Waals surface area contributed by atoms with Gasteiger partial charge in [-0.05, 0) is 48.8 Å². The molecule has 0 aliphatic heterocycles. The summed E-state index contributed by atoms with van der Waals surface area (Å²) in [6.07, 6.45) is 3.30. The molecule has 8 nitrogen and oxygen atoms in total. The first-order chi connectivity index (χ1) is 11.9. The van der Waals surface area contributed by atoms with Gasteiger partial charge in [0.2, 0.25) is 0 Å². The van der Waals surface area contributed by atoms with Crippen LogP contribution in [0, 0.1) is 6.92 Å². The summed E-state index contributed by atoms with van der Waals surface area (Å²) in [6.45, 7) is 5.77. The third kappa shape index (κ3) is 3.41. The topological polar surface area (TPSA) is 105 Å². The fourth-order valence-electron chi connectivity index (χ4n) is 2.42. The van der Waals surface area contributed by atoms with E-state index in [1.807, 2.05) is 13.8 Å². The SMILES string of the molecule is Cc1nc2c(cnn2C(C)C)cc1C(=O)NNC(=O)c1cc(Br)c[nH]1. The van der Waals surface area contributed by atoms with Crippen molar-refractivity contribution in [2.24, 2.45) is 0 Å². The smallest absolute Gasteiger partial charge is 0.286 e. The van der Waals surface area contributed by atoms with E-state index in [2.05, 4.69) is 41.8 Å². The van der Waals surface area contributed by atoms with Gasteiger partial charge in [-0.15, -0.1) is 0 Å². The van der Waals surface area contributed by atoms with Crippen molar-refractivity contribution >= 4 is 38.8 Å². The van der Waals surface area contributed by atoms with Gasteiger partial charge in [0.15, 0.2) is 5.65 Å². The van der Waals surface area contributed by atoms with Crippen LogP contribution in [-0.2, 0) is 0 Å². The molecule has 0 unspecified atom stereocenters. The molecule has 0 aromatic carbocycles. The molecule has 3 aromatic rings. The van der Waals surface area contributed by atoms with Crippen molar-refractivity contribution in [2.75, 3.05) is 0 Å². The number of carbonyl (C=O) groups excluding carboxylic acids is 2. The first kappa shape index (κ1) is 17.2. The lowest BCUT2D eigenvalue weighted by atomic mass is 10.1. The van der Waals surface area contributed by atoms with Gasteiger partial charge < -0.3 is 4.98 Å². The highest BCUT2D eigenvalue weighted by atomic mass is 79.9. The number of halogens is 1. The van der Waals surface area contributed by atoms with E-state index in [0.29, 0.717) is 17.0 Å². The molecule has 0 atom stereocenters. The summed E-state index contributed by atoms with van der Waals surface area (Å²) in [4.78, 5) is 31.6. The highest BCUT2D eigenvalue weighted by Crippen LogP contribution is 2.19. The Hall–Kier alpha value is -2.68. The molecule has 2 amide bonds. The van der Waals surface area contributed by atoms with Gasteiger partial charge >= 0.3 is 0 Å². The lowest BCUT2D eigenvalue weighted by Gasteiger charge is -2.10. The molecule has 3 N–H and O–H groups in total. The van der Waals surface area contributed by atoms with E-state index < -0.39 is 11.8 Å². The van der Waals surface area contributed by atoms with Crippen LogP contribution in [0.4, 0.5) is 0 Å². The van der Waals surface area contributed by atoms with Gasteiger partial charge in [0.1, 0.15) is 5.69 Å². The van der Waals surface area contributed by atoms with Gasteiger partial charge in [0, 0.05) is 22.1 Å². The molecule has 0 radical (unpaired) electrons. The number of pyridine rings is 1. The van der Waals surface area contributed by atoms with Gasteiger partial charge in [-0.25, -0.2) is 9.67 Å². The summed E-state index contributed by atoms with van der Waals surface area (Å²) in [5.41, 5.74) is 6.76. The lowest BCUT2D eigenvalue weighted by molar-refractivity contribution is 0.0843. The Balaban J connectivity index is 1.78. The summed E-state index contributed by atoms with van der Waals surface area (Å²) in [5.74, 6) is -0.887. The molecule has 130 valence electrons. The standard InChI is InChI=1S/C16H17BrN6O2/c1-8(2)23-14-10(6-19-23)4-12(9(3)20-14)15(24)21-22-16(25)13-5-11(17)7-18-13/h4-8,18H,1-3H3,(H,21,24)(H,22,25). The first-order valence-electron chi connectivity index (χ1n) is 7.66. The molecular formula is C16H17BrN6O2. The molecule has 0 saturated carbocycles. The Kier molecular flexibility index (Phi) is 4.58. The quantitative estimate of drug-likeness (QED) is 0.583. The molecule has 25 heavy (non-hydrogen) atoms. The predicted octanol–water partition coefficient (Wildman–Crippen LogP) is 2.49. The summed E-state index contributed by atoms with van der Waals surface area (Å²) < 4.78 is 2.55.